The molecule has 0 fully saturated rings. The minimum Gasteiger partial charge on any atom is -0.428 e. The molecule has 0 bridgehead atoms. The van der Waals surface area contributed by atoms with Crippen LogP contribution in [0.25, 0.3) is 0 Å². The number of hydrogen-bond acceptors (Lipinski definition) is 3. The molecule has 0 heterocycles. The van der Waals surface area contributed by atoms with Crippen LogP contribution in [0.2, 0.25) is 0 Å². The first-order valence-corrected chi connectivity index (χ1v) is 11.7. The number of hydrogen-bond donors (Lipinski definition) is 1. The normalized spacial score (nSPS) is 11.3. The van der Waals surface area contributed by atoms with Gasteiger partial charge in [-0.15, -0.1) is 0 Å². The van der Waals surface area contributed by atoms with Gasteiger partial charge in [-0.25, -0.2) is 0 Å². The van der Waals surface area contributed by atoms with E-state index < -0.39 is 5.69 Å². The van der Waals surface area contributed by atoms with Gasteiger partial charge in [0.25, 0.3) is 0 Å². The summed E-state index contributed by atoms with van der Waals surface area (Å²) in [6, 6.07) is 16.0. The summed E-state index contributed by atoms with van der Waals surface area (Å²) in [6.45, 7) is 4.31. The monoisotopic (exact) mass is 366 g/mol. The predicted molar refractivity (Wildman–Crippen MR) is 105 cm³/mol. The van der Waals surface area contributed by atoms with Crippen LogP contribution >= 0.6 is 17.9 Å². The molecule has 2 aromatic carbocycles. The number of aryl methyl sites for hydroxylation is 2. The van der Waals surface area contributed by atoms with Gasteiger partial charge in [0.05, 0.1) is 0 Å². The molecule has 2 nitrogen and oxygen atoms in total. The van der Waals surface area contributed by atoms with Crippen LogP contribution in [0.3, 0.4) is 0 Å². The third-order valence-corrected chi connectivity index (χ3v) is 5.14. The zero-order valence-electron chi connectivity index (χ0n) is 13.6. The van der Waals surface area contributed by atoms with Gasteiger partial charge in [-0.3, -0.25) is 0 Å². The summed E-state index contributed by atoms with van der Waals surface area (Å²) in [6.07, 6.45) is 4.23. The zero-order valence-corrected chi connectivity index (χ0v) is 16.2. The highest BCUT2D eigenvalue weighted by molar-refractivity contribution is 8.60. The van der Waals surface area contributed by atoms with E-state index in [0.717, 1.165) is 37.2 Å². The smallest absolute Gasteiger partial charge is 0.345 e. The molecule has 0 aromatic heterocycles. The van der Waals surface area contributed by atoms with Crippen LogP contribution in [-0.4, -0.2) is 0 Å². The summed E-state index contributed by atoms with van der Waals surface area (Å²) in [5, 5.41) is 0. The van der Waals surface area contributed by atoms with Crippen molar-refractivity contribution in [1.82, 2.24) is 0 Å². The maximum atomic E-state index is 5.86. The predicted octanol–water partition coefficient (Wildman–Crippen LogP) is 6.20. The second kappa shape index (κ2) is 8.77. The second-order valence-corrected chi connectivity index (χ2v) is 10.6. The van der Waals surface area contributed by atoms with E-state index in [1.54, 1.807) is 0 Å². The average molecular weight is 366 g/mol. The molecule has 124 valence electrons. The lowest BCUT2D eigenvalue weighted by Gasteiger charge is -2.19. The Balaban J connectivity index is 2.08. The van der Waals surface area contributed by atoms with Gasteiger partial charge in [0, 0.05) is 0 Å². The molecular weight excluding hydrogens is 343 g/mol. The minimum absolute atomic E-state index is 0.721. The lowest BCUT2D eigenvalue weighted by atomic mass is 10.1. The maximum absolute atomic E-state index is 5.86. The molecule has 0 radical (unpaired) electrons. The fourth-order valence-electron chi connectivity index (χ4n) is 2.38. The Morgan fingerprint density at radius 2 is 1.30 bits per heavy atom. The largest absolute Gasteiger partial charge is 0.428 e. The summed E-state index contributed by atoms with van der Waals surface area (Å²) < 4.78 is 11.7. The molecular formula is C18H23O2PS2. The van der Waals surface area contributed by atoms with E-state index in [1.165, 1.54) is 11.1 Å². The summed E-state index contributed by atoms with van der Waals surface area (Å²) in [5.74, 6) is 1.44. The molecule has 0 unspecified atom stereocenters. The molecule has 0 atom stereocenters. The van der Waals surface area contributed by atoms with Crippen molar-refractivity contribution in [3.05, 3.63) is 59.7 Å². The first kappa shape index (κ1) is 18.4. The van der Waals surface area contributed by atoms with Gasteiger partial charge in [0.2, 0.25) is 0 Å². The molecule has 2 rings (SSSR count). The minimum atomic E-state index is -2.69. The zero-order chi connectivity index (χ0) is 16.7. The van der Waals surface area contributed by atoms with Gasteiger partial charge in [-0.05, 0) is 60.0 Å². The van der Waals surface area contributed by atoms with Crippen LogP contribution in [0.15, 0.2) is 48.5 Å². The van der Waals surface area contributed by atoms with Crippen LogP contribution in [-0.2, 0) is 24.6 Å². The molecule has 0 saturated carbocycles. The number of rotatable bonds is 8. The van der Waals surface area contributed by atoms with Crippen molar-refractivity contribution in [2.24, 2.45) is 0 Å². The van der Waals surface area contributed by atoms with Crippen molar-refractivity contribution in [3.8, 4) is 11.5 Å². The Morgan fingerprint density at radius 3 is 1.70 bits per heavy atom. The van der Waals surface area contributed by atoms with Crippen molar-refractivity contribution in [2.45, 2.75) is 39.5 Å². The first-order chi connectivity index (χ1) is 11.0. The van der Waals surface area contributed by atoms with Gasteiger partial charge in [-0.1, -0.05) is 63.2 Å². The molecule has 0 spiro atoms. The van der Waals surface area contributed by atoms with Gasteiger partial charge >= 0.3 is 5.69 Å². The lowest BCUT2D eigenvalue weighted by molar-refractivity contribution is 0.506. The highest BCUT2D eigenvalue weighted by Gasteiger charge is 2.17. The Morgan fingerprint density at radius 1 is 0.870 bits per heavy atom. The van der Waals surface area contributed by atoms with Gasteiger partial charge < -0.3 is 9.05 Å². The lowest BCUT2D eigenvalue weighted by Crippen LogP contribution is -1.96. The van der Waals surface area contributed by atoms with Crippen molar-refractivity contribution in [2.75, 3.05) is 0 Å². The fourth-order valence-corrected chi connectivity index (χ4v) is 4.26. The Bertz CT molecular complexity index is 633. The van der Waals surface area contributed by atoms with Crippen molar-refractivity contribution >= 4 is 29.7 Å². The molecule has 0 aliphatic heterocycles. The van der Waals surface area contributed by atoms with Crippen LogP contribution in [0.5, 0.6) is 11.5 Å². The van der Waals surface area contributed by atoms with Crippen LogP contribution in [0.4, 0.5) is 0 Å². The second-order valence-electron chi connectivity index (χ2n) is 5.45. The third kappa shape index (κ3) is 6.21. The van der Waals surface area contributed by atoms with Gasteiger partial charge in [0.15, 0.2) is 0 Å². The van der Waals surface area contributed by atoms with Crippen LogP contribution in [0, 0.1) is 0 Å². The highest BCUT2D eigenvalue weighted by atomic mass is 32.9. The Labute approximate surface area is 149 Å². The molecule has 0 aliphatic carbocycles. The summed E-state index contributed by atoms with van der Waals surface area (Å²) in [4.78, 5) is 0. The Hall–Kier alpha value is -0.960. The SMILES string of the molecule is CCCc1cccc(OP(=S)(S)Oc2cccc(CCC)c2)c1. The van der Waals surface area contributed by atoms with E-state index in [9.17, 15) is 0 Å². The number of benzene rings is 2. The van der Waals surface area contributed by atoms with Crippen molar-refractivity contribution in [1.29, 1.82) is 0 Å². The molecule has 0 saturated heterocycles. The van der Waals surface area contributed by atoms with E-state index >= 15 is 0 Å². The molecule has 2 aromatic rings. The maximum Gasteiger partial charge on any atom is 0.345 e. The van der Waals surface area contributed by atoms with Crippen LogP contribution in [0.1, 0.15) is 37.8 Å². The molecule has 23 heavy (non-hydrogen) atoms. The van der Waals surface area contributed by atoms with E-state index in [0.29, 0.717) is 0 Å². The molecule has 0 N–H and O–H groups in total. The van der Waals surface area contributed by atoms with E-state index in [4.69, 9.17) is 20.9 Å². The molecule has 5 heteroatoms. The topological polar surface area (TPSA) is 18.5 Å². The van der Waals surface area contributed by atoms with Crippen LogP contribution < -0.4 is 9.05 Å². The molecule has 0 amide bonds. The van der Waals surface area contributed by atoms with E-state index in [2.05, 4.69) is 38.2 Å². The highest BCUT2D eigenvalue weighted by Crippen LogP contribution is 2.53. The molecule has 0 aliphatic rings. The van der Waals surface area contributed by atoms with Gasteiger partial charge in [0.1, 0.15) is 11.5 Å². The van der Waals surface area contributed by atoms with Gasteiger partial charge in [-0.2, -0.15) is 0 Å². The standard InChI is InChI=1S/C18H23O2PS2/c1-3-7-15-9-5-11-17(13-15)19-21(22,23)20-18-12-6-10-16(14-18)8-4-2/h5-6,9-14H,3-4,7-8H2,1-2H3,(H,22,23). The third-order valence-electron chi connectivity index (χ3n) is 3.32. The Kier molecular flexibility index (Phi) is 7.01. The van der Waals surface area contributed by atoms with E-state index in [1.807, 2.05) is 36.4 Å². The summed E-state index contributed by atoms with van der Waals surface area (Å²) in [5.41, 5.74) is -0.217. The number of thiol groups is 1. The summed E-state index contributed by atoms with van der Waals surface area (Å²) in [7, 11) is 0. The van der Waals surface area contributed by atoms with Crippen molar-refractivity contribution < 1.29 is 9.05 Å². The van der Waals surface area contributed by atoms with E-state index in [-0.39, 0.29) is 0 Å². The quantitative estimate of drug-likeness (QED) is 0.443. The van der Waals surface area contributed by atoms with Crippen molar-refractivity contribution in [3.63, 3.8) is 0 Å². The summed E-state index contributed by atoms with van der Waals surface area (Å²) >= 11 is 9.92. The first-order valence-electron chi connectivity index (χ1n) is 7.92. The average Bonchev–Trinajstić information content (AvgIpc) is 2.47. The fraction of sp³-hybridized carbons (Fsp3) is 0.333.